The summed E-state index contributed by atoms with van der Waals surface area (Å²) in [4.78, 5) is 22.7. The Bertz CT molecular complexity index is 709. The van der Waals surface area contributed by atoms with E-state index in [9.17, 15) is 9.59 Å². The van der Waals surface area contributed by atoms with E-state index in [1.54, 1.807) is 24.3 Å². The topological polar surface area (TPSA) is 83.1 Å². The number of carbonyl (C=O) groups is 1. The van der Waals surface area contributed by atoms with Gasteiger partial charge in [0.25, 0.3) is 5.56 Å². The van der Waals surface area contributed by atoms with E-state index >= 15 is 0 Å². The minimum Gasteiger partial charge on any atom is -0.477 e. The highest BCUT2D eigenvalue weighted by Crippen LogP contribution is 2.05. The van der Waals surface area contributed by atoms with Gasteiger partial charge >= 0.3 is 5.97 Å². The number of nitrogens with zero attached hydrogens (tertiary/aromatic N) is 2. The largest absolute Gasteiger partial charge is 0.477 e. The van der Waals surface area contributed by atoms with Gasteiger partial charge in [0, 0.05) is 6.20 Å². The van der Waals surface area contributed by atoms with Crippen molar-refractivity contribution in [2.75, 3.05) is 0 Å². The van der Waals surface area contributed by atoms with E-state index in [-0.39, 0.29) is 12.1 Å². The molecule has 0 aliphatic carbocycles. The average molecular weight is 254 g/mol. The Morgan fingerprint density at radius 2 is 1.95 bits per heavy atom. The van der Waals surface area contributed by atoms with E-state index in [2.05, 4.69) is 0 Å². The highest BCUT2D eigenvalue weighted by atomic mass is 16.4. The van der Waals surface area contributed by atoms with Crippen LogP contribution in [0.1, 0.15) is 21.5 Å². The van der Waals surface area contributed by atoms with Gasteiger partial charge in [0.15, 0.2) is 0 Å². The number of pyridine rings is 1. The highest BCUT2D eigenvalue weighted by Gasteiger charge is 2.10. The fourth-order valence-electron chi connectivity index (χ4n) is 1.71. The van der Waals surface area contributed by atoms with Crippen LogP contribution in [0.25, 0.3) is 0 Å². The van der Waals surface area contributed by atoms with E-state index in [1.165, 1.54) is 22.9 Å². The zero-order valence-electron chi connectivity index (χ0n) is 9.91. The van der Waals surface area contributed by atoms with E-state index < -0.39 is 11.5 Å². The van der Waals surface area contributed by atoms with Crippen molar-refractivity contribution in [2.45, 2.75) is 6.54 Å². The van der Waals surface area contributed by atoms with Gasteiger partial charge in [-0.25, -0.2) is 4.79 Å². The van der Waals surface area contributed by atoms with Crippen molar-refractivity contribution in [3.8, 4) is 6.07 Å². The minimum atomic E-state index is -1.24. The molecule has 1 aromatic heterocycles. The van der Waals surface area contributed by atoms with Crippen molar-refractivity contribution in [3.05, 3.63) is 69.6 Å². The molecule has 0 aliphatic rings. The number of rotatable bonds is 3. The van der Waals surface area contributed by atoms with Gasteiger partial charge in [-0.3, -0.25) is 4.79 Å². The Labute approximate surface area is 109 Å². The number of aromatic nitrogens is 1. The second-order valence-electron chi connectivity index (χ2n) is 3.97. The Kier molecular flexibility index (Phi) is 3.44. The molecular weight excluding hydrogens is 244 g/mol. The number of carboxylic acids is 1. The van der Waals surface area contributed by atoms with E-state index in [4.69, 9.17) is 10.4 Å². The molecule has 94 valence electrons. The predicted molar refractivity (Wildman–Crippen MR) is 67.9 cm³/mol. The van der Waals surface area contributed by atoms with Crippen LogP contribution in [0.3, 0.4) is 0 Å². The number of carboxylic acid groups (broad SMARTS) is 1. The zero-order chi connectivity index (χ0) is 13.8. The molecule has 0 amide bonds. The summed E-state index contributed by atoms with van der Waals surface area (Å²) in [6.45, 7) is 0.270. The van der Waals surface area contributed by atoms with Gasteiger partial charge in [0.1, 0.15) is 5.56 Å². The monoisotopic (exact) mass is 254 g/mol. The van der Waals surface area contributed by atoms with E-state index in [1.807, 2.05) is 6.07 Å². The first kappa shape index (κ1) is 12.6. The molecule has 0 atom stereocenters. The van der Waals surface area contributed by atoms with Crippen molar-refractivity contribution < 1.29 is 9.90 Å². The number of aromatic carboxylic acids is 1. The summed E-state index contributed by atoms with van der Waals surface area (Å²) >= 11 is 0. The van der Waals surface area contributed by atoms with Crippen LogP contribution >= 0.6 is 0 Å². The second kappa shape index (κ2) is 5.19. The molecule has 5 heteroatoms. The third kappa shape index (κ3) is 2.69. The Balaban J connectivity index is 2.33. The molecule has 1 N–H and O–H groups in total. The van der Waals surface area contributed by atoms with Gasteiger partial charge in [-0.15, -0.1) is 0 Å². The van der Waals surface area contributed by atoms with Gasteiger partial charge < -0.3 is 9.67 Å². The third-order valence-electron chi connectivity index (χ3n) is 2.69. The van der Waals surface area contributed by atoms with Gasteiger partial charge in [0.05, 0.1) is 18.2 Å². The standard InChI is InChI=1S/C14H10N2O3/c15-8-10-3-5-11(6-4-10)9-16-7-1-2-12(13(16)17)14(18)19/h1-7H,9H2,(H,18,19). The molecule has 2 aromatic rings. The SMILES string of the molecule is N#Cc1ccc(Cn2cccc(C(=O)O)c2=O)cc1. The van der Waals surface area contributed by atoms with Crippen molar-refractivity contribution in [1.82, 2.24) is 4.57 Å². The molecule has 0 radical (unpaired) electrons. The molecule has 5 nitrogen and oxygen atoms in total. The molecule has 0 fully saturated rings. The number of hydrogen-bond donors (Lipinski definition) is 1. The van der Waals surface area contributed by atoms with Crippen molar-refractivity contribution in [3.63, 3.8) is 0 Å². The van der Waals surface area contributed by atoms with Crippen molar-refractivity contribution >= 4 is 5.97 Å². The van der Waals surface area contributed by atoms with Crippen LogP contribution in [-0.2, 0) is 6.54 Å². The average Bonchev–Trinajstić information content (AvgIpc) is 2.41. The lowest BCUT2D eigenvalue weighted by Crippen LogP contribution is -2.25. The maximum absolute atomic E-state index is 11.9. The fraction of sp³-hybridized carbons (Fsp3) is 0.0714. The number of hydrogen-bond acceptors (Lipinski definition) is 3. The molecule has 0 saturated heterocycles. The summed E-state index contributed by atoms with van der Waals surface area (Å²) in [5.74, 6) is -1.24. The molecule has 19 heavy (non-hydrogen) atoms. The first-order valence-electron chi connectivity index (χ1n) is 5.53. The zero-order valence-corrected chi connectivity index (χ0v) is 9.91. The summed E-state index contributed by atoms with van der Waals surface area (Å²) in [5.41, 5.74) is 0.564. The summed E-state index contributed by atoms with van der Waals surface area (Å²) in [6.07, 6.45) is 1.53. The smallest absolute Gasteiger partial charge is 0.341 e. The first-order valence-corrected chi connectivity index (χ1v) is 5.53. The third-order valence-corrected chi connectivity index (χ3v) is 2.69. The van der Waals surface area contributed by atoms with Crippen LogP contribution in [0.15, 0.2) is 47.4 Å². The number of nitriles is 1. The van der Waals surface area contributed by atoms with Crippen LogP contribution in [-0.4, -0.2) is 15.6 Å². The minimum absolute atomic E-state index is 0.254. The van der Waals surface area contributed by atoms with E-state index in [0.29, 0.717) is 5.56 Å². The van der Waals surface area contributed by atoms with Crippen molar-refractivity contribution in [1.29, 1.82) is 5.26 Å². The second-order valence-corrected chi connectivity index (χ2v) is 3.97. The Morgan fingerprint density at radius 1 is 1.26 bits per heavy atom. The van der Waals surface area contributed by atoms with Gasteiger partial charge in [-0.2, -0.15) is 5.26 Å². The Morgan fingerprint density at radius 3 is 2.53 bits per heavy atom. The van der Waals surface area contributed by atoms with Gasteiger partial charge in [-0.1, -0.05) is 12.1 Å². The lowest BCUT2D eigenvalue weighted by molar-refractivity contribution is 0.0694. The van der Waals surface area contributed by atoms with E-state index in [0.717, 1.165) is 5.56 Å². The first-order chi connectivity index (χ1) is 9.11. The summed E-state index contributed by atoms with van der Waals surface area (Å²) < 4.78 is 1.32. The summed E-state index contributed by atoms with van der Waals surface area (Å²) in [7, 11) is 0. The highest BCUT2D eigenvalue weighted by molar-refractivity contribution is 5.86. The van der Waals surface area contributed by atoms with Crippen LogP contribution < -0.4 is 5.56 Å². The fourth-order valence-corrected chi connectivity index (χ4v) is 1.71. The maximum atomic E-state index is 11.9. The van der Waals surface area contributed by atoms with Crippen LogP contribution in [0.2, 0.25) is 0 Å². The molecule has 0 spiro atoms. The van der Waals surface area contributed by atoms with Gasteiger partial charge in [-0.05, 0) is 29.8 Å². The van der Waals surface area contributed by atoms with Crippen LogP contribution in [0.4, 0.5) is 0 Å². The van der Waals surface area contributed by atoms with Crippen molar-refractivity contribution in [2.24, 2.45) is 0 Å². The molecule has 2 rings (SSSR count). The molecule has 1 aromatic carbocycles. The normalized spacial score (nSPS) is 9.84. The van der Waals surface area contributed by atoms with Gasteiger partial charge in [0.2, 0.25) is 0 Å². The lowest BCUT2D eigenvalue weighted by atomic mass is 10.1. The summed E-state index contributed by atoms with van der Waals surface area (Å²) in [5, 5.41) is 17.6. The number of benzene rings is 1. The molecule has 1 heterocycles. The van der Waals surface area contributed by atoms with Crippen LogP contribution in [0.5, 0.6) is 0 Å². The molecule has 0 saturated carbocycles. The Hall–Kier alpha value is -2.87. The predicted octanol–water partition coefficient (Wildman–Crippen LogP) is 1.47. The lowest BCUT2D eigenvalue weighted by Gasteiger charge is -2.06. The summed E-state index contributed by atoms with van der Waals surface area (Å²) in [6, 6.07) is 11.6. The maximum Gasteiger partial charge on any atom is 0.341 e. The molecule has 0 aliphatic heterocycles. The molecule has 0 bridgehead atoms. The van der Waals surface area contributed by atoms with Crippen LogP contribution in [0, 0.1) is 11.3 Å². The quantitative estimate of drug-likeness (QED) is 0.898. The molecular formula is C14H10N2O3. The molecule has 0 unspecified atom stereocenters.